The van der Waals surface area contributed by atoms with Gasteiger partial charge in [-0.25, -0.2) is 4.98 Å². The molecule has 4 nitrogen and oxygen atoms in total. The van der Waals surface area contributed by atoms with Gasteiger partial charge in [-0.1, -0.05) is 36.4 Å². The molecule has 1 saturated heterocycles. The minimum atomic E-state index is -4.45. The highest BCUT2D eigenvalue weighted by Crippen LogP contribution is 2.29. The number of hydrogen-bond donors (Lipinski definition) is 1. The number of halogens is 3. The van der Waals surface area contributed by atoms with Gasteiger partial charge in [0.15, 0.2) is 0 Å². The first-order valence-corrected chi connectivity index (χ1v) is 9.15. The second-order valence-electron chi connectivity index (χ2n) is 6.76. The Labute approximate surface area is 157 Å². The van der Waals surface area contributed by atoms with E-state index in [9.17, 15) is 18.3 Å². The Kier molecular flexibility index (Phi) is 6.34. The molecule has 0 aliphatic carbocycles. The predicted octanol–water partition coefficient (Wildman–Crippen LogP) is 3.22. The molecule has 7 heteroatoms. The summed E-state index contributed by atoms with van der Waals surface area (Å²) in [6, 6.07) is 14.3. The molecule has 0 radical (unpaired) electrons. The molecule has 1 fully saturated rings. The molecule has 1 aliphatic heterocycles. The van der Waals surface area contributed by atoms with Crippen LogP contribution in [0, 0.1) is 0 Å². The van der Waals surface area contributed by atoms with E-state index >= 15 is 0 Å². The third-order valence-electron chi connectivity index (χ3n) is 4.95. The average Bonchev–Trinajstić information content (AvgIpc) is 2.67. The Bertz CT molecular complexity index is 724. The first kappa shape index (κ1) is 19.6. The molecule has 27 heavy (non-hydrogen) atoms. The normalized spacial score (nSPS) is 18.7. The van der Waals surface area contributed by atoms with Crippen molar-refractivity contribution < 1.29 is 18.3 Å². The second kappa shape index (κ2) is 8.71. The van der Waals surface area contributed by atoms with Crippen LogP contribution in [0.3, 0.4) is 0 Å². The van der Waals surface area contributed by atoms with E-state index in [1.54, 1.807) is 6.07 Å². The summed E-state index contributed by atoms with van der Waals surface area (Å²) in [4.78, 5) is 8.00. The molecule has 3 rings (SSSR count). The summed E-state index contributed by atoms with van der Waals surface area (Å²) in [7, 11) is 0. The van der Waals surface area contributed by atoms with E-state index in [1.807, 2.05) is 23.1 Å². The number of benzene rings is 1. The fourth-order valence-electron chi connectivity index (χ4n) is 3.49. The maximum atomic E-state index is 12.9. The molecule has 1 aliphatic rings. The molecule has 1 aromatic carbocycles. The lowest BCUT2D eigenvalue weighted by atomic mass is 10.1. The molecule has 2 heterocycles. The van der Waals surface area contributed by atoms with E-state index in [4.69, 9.17) is 0 Å². The quantitative estimate of drug-likeness (QED) is 0.837. The number of aromatic nitrogens is 1. The maximum absolute atomic E-state index is 12.9. The number of anilines is 1. The molecule has 0 unspecified atom stereocenters. The summed E-state index contributed by atoms with van der Waals surface area (Å²) >= 11 is 0. The van der Waals surface area contributed by atoms with Gasteiger partial charge in [-0.2, -0.15) is 13.2 Å². The van der Waals surface area contributed by atoms with Crippen LogP contribution in [0.15, 0.2) is 48.5 Å². The first-order valence-electron chi connectivity index (χ1n) is 9.15. The van der Waals surface area contributed by atoms with E-state index < -0.39 is 11.9 Å². The van der Waals surface area contributed by atoms with Gasteiger partial charge in [0, 0.05) is 38.8 Å². The van der Waals surface area contributed by atoms with Crippen LogP contribution in [0.2, 0.25) is 0 Å². The van der Waals surface area contributed by atoms with Gasteiger partial charge in [-0.3, -0.25) is 4.90 Å². The highest BCUT2D eigenvalue weighted by Gasteiger charge is 2.33. The van der Waals surface area contributed by atoms with Gasteiger partial charge < -0.3 is 10.0 Å². The molecule has 0 amide bonds. The molecule has 0 saturated carbocycles. The van der Waals surface area contributed by atoms with E-state index in [1.165, 1.54) is 11.6 Å². The first-order chi connectivity index (χ1) is 13.0. The summed E-state index contributed by atoms with van der Waals surface area (Å²) in [6.07, 6.45) is -2.95. The van der Waals surface area contributed by atoms with E-state index in [-0.39, 0.29) is 12.6 Å². The van der Waals surface area contributed by atoms with Crippen LogP contribution in [-0.4, -0.2) is 53.8 Å². The van der Waals surface area contributed by atoms with Gasteiger partial charge in [-0.05, 0) is 30.5 Å². The Balaban J connectivity index is 1.66. The standard InChI is InChI=1S/C20H24F3N3O/c21-20(22,23)18-7-4-8-19(24-18)26-13-12-25(17(15-26)10-14-27)11-9-16-5-2-1-3-6-16/h1-8,17,27H,9-15H2/t17-/m1/s1. The van der Waals surface area contributed by atoms with Crippen molar-refractivity contribution in [2.24, 2.45) is 0 Å². The molecule has 0 bridgehead atoms. The van der Waals surface area contributed by atoms with Crippen LogP contribution in [0.25, 0.3) is 0 Å². The topological polar surface area (TPSA) is 39.6 Å². The van der Waals surface area contributed by atoms with Crippen molar-refractivity contribution in [3.63, 3.8) is 0 Å². The van der Waals surface area contributed by atoms with Gasteiger partial charge in [0.2, 0.25) is 0 Å². The molecule has 2 aromatic rings. The highest BCUT2D eigenvalue weighted by atomic mass is 19.4. The van der Waals surface area contributed by atoms with Gasteiger partial charge >= 0.3 is 6.18 Å². The number of piperazine rings is 1. The lowest BCUT2D eigenvalue weighted by molar-refractivity contribution is -0.141. The summed E-state index contributed by atoms with van der Waals surface area (Å²) < 4.78 is 38.8. The van der Waals surface area contributed by atoms with Gasteiger partial charge in [-0.15, -0.1) is 0 Å². The third kappa shape index (κ3) is 5.20. The Morgan fingerprint density at radius 1 is 1.04 bits per heavy atom. The summed E-state index contributed by atoms with van der Waals surface area (Å²) in [5, 5.41) is 9.42. The lowest BCUT2D eigenvalue weighted by Crippen LogP contribution is -2.54. The molecule has 1 aromatic heterocycles. The largest absolute Gasteiger partial charge is 0.433 e. The molecular weight excluding hydrogens is 355 g/mol. The van der Waals surface area contributed by atoms with Crippen molar-refractivity contribution >= 4 is 5.82 Å². The number of nitrogens with zero attached hydrogens (tertiary/aromatic N) is 3. The van der Waals surface area contributed by atoms with Crippen molar-refractivity contribution in [1.82, 2.24) is 9.88 Å². The van der Waals surface area contributed by atoms with E-state index in [0.717, 1.165) is 25.6 Å². The molecule has 146 valence electrons. The van der Waals surface area contributed by atoms with Crippen LogP contribution in [0.1, 0.15) is 17.7 Å². The van der Waals surface area contributed by atoms with Crippen LogP contribution in [0.4, 0.5) is 19.0 Å². The van der Waals surface area contributed by atoms with Gasteiger partial charge in [0.05, 0.1) is 0 Å². The summed E-state index contributed by atoms with van der Waals surface area (Å²) in [5.74, 6) is 0.343. The number of alkyl halides is 3. The number of hydrogen-bond acceptors (Lipinski definition) is 4. The average molecular weight is 379 g/mol. The van der Waals surface area contributed by atoms with E-state index in [2.05, 4.69) is 22.0 Å². The minimum Gasteiger partial charge on any atom is -0.396 e. The number of rotatable bonds is 6. The Morgan fingerprint density at radius 3 is 2.52 bits per heavy atom. The number of aliphatic hydroxyl groups excluding tert-OH is 1. The van der Waals surface area contributed by atoms with Gasteiger partial charge in [0.1, 0.15) is 11.5 Å². The molecule has 0 spiro atoms. The van der Waals surface area contributed by atoms with Crippen LogP contribution < -0.4 is 4.90 Å². The Morgan fingerprint density at radius 2 is 1.81 bits per heavy atom. The van der Waals surface area contributed by atoms with E-state index in [0.29, 0.717) is 25.3 Å². The fraction of sp³-hybridized carbons (Fsp3) is 0.450. The number of pyridine rings is 1. The third-order valence-corrected chi connectivity index (χ3v) is 4.95. The molecular formula is C20H24F3N3O. The predicted molar refractivity (Wildman–Crippen MR) is 98.7 cm³/mol. The van der Waals surface area contributed by atoms with Crippen LogP contribution >= 0.6 is 0 Å². The lowest BCUT2D eigenvalue weighted by Gasteiger charge is -2.42. The summed E-state index contributed by atoms with van der Waals surface area (Å²) in [6.45, 7) is 2.82. The number of aliphatic hydroxyl groups is 1. The van der Waals surface area contributed by atoms with Crippen molar-refractivity contribution in [1.29, 1.82) is 0 Å². The zero-order valence-corrected chi connectivity index (χ0v) is 15.1. The van der Waals surface area contributed by atoms with Crippen LogP contribution in [-0.2, 0) is 12.6 Å². The van der Waals surface area contributed by atoms with Gasteiger partial charge in [0.25, 0.3) is 0 Å². The maximum Gasteiger partial charge on any atom is 0.433 e. The molecule has 1 atom stereocenters. The smallest absolute Gasteiger partial charge is 0.396 e. The van der Waals surface area contributed by atoms with Crippen molar-refractivity contribution in [2.75, 3.05) is 37.7 Å². The van der Waals surface area contributed by atoms with Crippen LogP contribution in [0.5, 0.6) is 0 Å². The minimum absolute atomic E-state index is 0.0519. The Hall–Kier alpha value is -2.12. The summed E-state index contributed by atoms with van der Waals surface area (Å²) in [5.41, 5.74) is 0.382. The fourth-order valence-corrected chi connectivity index (χ4v) is 3.49. The monoisotopic (exact) mass is 379 g/mol. The van der Waals surface area contributed by atoms with Crippen molar-refractivity contribution in [2.45, 2.75) is 25.1 Å². The highest BCUT2D eigenvalue weighted by molar-refractivity contribution is 5.40. The van der Waals surface area contributed by atoms with Crippen molar-refractivity contribution in [3.05, 3.63) is 59.8 Å². The zero-order valence-electron chi connectivity index (χ0n) is 15.1. The SMILES string of the molecule is OCC[C@@H]1CN(c2cccc(C(F)(F)F)n2)CCN1CCc1ccccc1. The zero-order chi connectivity index (χ0) is 19.3. The molecule has 1 N–H and O–H groups in total. The van der Waals surface area contributed by atoms with Crippen molar-refractivity contribution in [3.8, 4) is 0 Å². The second-order valence-corrected chi connectivity index (χ2v) is 6.76.